The number of urea groups is 2. The van der Waals surface area contributed by atoms with Crippen LogP contribution in [0.5, 0.6) is 0 Å². The first-order valence-electron chi connectivity index (χ1n) is 12.4. The zero-order chi connectivity index (χ0) is 28.8. The largest absolute Gasteiger partial charge is 0.412 e. The molecule has 0 aromatic carbocycles. The molecule has 13 heteroatoms. The van der Waals surface area contributed by atoms with Crippen LogP contribution in [0.15, 0.2) is 34.3 Å². The molecular formula is C26H46N8O3S2. The van der Waals surface area contributed by atoms with E-state index in [0.29, 0.717) is 13.1 Å². The fourth-order valence-corrected chi connectivity index (χ4v) is 5.13. The number of aromatic nitrogens is 2. The van der Waals surface area contributed by atoms with Crippen LogP contribution < -0.4 is 10.6 Å². The molecule has 11 nitrogen and oxygen atoms in total. The molecule has 0 saturated heterocycles. The molecule has 0 radical (unpaired) electrons. The molecule has 0 atom stereocenters. The molecule has 0 aliphatic rings. The molecule has 39 heavy (non-hydrogen) atoms. The number of nitrogens with one attached hydrogen (secondary N) is 2. The Bertz CT molecular complexity index is 918. The summed E-state index contributed by atoms with van der Waals surface area (Å²) in [7, 11) is 11.2. The lowest BCUT2D eigenvalue weighted by atomic mass is 10.3. The summed E-state index contributed by atoms with van der Waals surface area (Å²) in [6, 6.07) is 7.81. The maximum absolute atomic E-state index is 11.8. The number of carbonyl (C=O) groups excluding carboxylic acids is 2. The molecule has 0 spiro atoms. The highest BCUT2D eigenvalue weighted by Crippen LogP contribution is 2.23. The van der Waals surface area contributed by atoms with Gasteiger partial charge in [-0.1, -0.05) is 0 Å². The van der Waals surface area contributed by atoms with Crippen molar-refractivity contribution in [3.05, 3.63) is 46.8 Å². The zero-order valence-electron chi connectivity index (χ0n) is 25.0. The molecule has 2 aromatic rings. The third-order valence-corrected chi connectivity index (χ3v) is 6.87. The topological polar surface area (TPSA) is 128 Å². The molecule has 0 aliphatic heterocycles. The molecule has 0 bridgehead atoms. The fourth-order valence-electron chi connectivity index (χ4n) is 3.14. The maximum atomic E-state index is 11.8. The van der Waals surface area contributed by atoms with E-state index in [2.05, 4.69) is 20.6 Å². The minimum absolute atomic E-state index is 0. The summed E-state index contributed by atoms with van der Waals surface area (Å²) >= 11 is 2.75. The van der Waals surface area contributed by atoms with E-state index in [9.17, 15) is 9.59 Å². The molecule has 4 amide bonds. The van der Waals surface area contributed by atoms with Crippen LogP contribution in [0.4, 0.5) is 9.59 Å². The summed E-state index contributed by atoms with van der Waals surface area (Å²) < 4.78 is 3.39. The summed E-state index contributed by atoms with van der Waals surface area (Å²) in [5, 5.41) is 7.01. The molecular weight excluding hydrogens is 536 g/mol. The van der Waals surface area contributed by atoms with E-state index < -0.39 is 0 Å². The summed E-state index contributed by atoms with van der Waals surface area (Å²) in [6.07, 6.45) is 0. The van der Waals surface area contributed by atoms with E-state index in [4.69, 9.17) is 0 Å². The molecule has 0 fully saturated rings. The van der Waals surface area contributed by atoms with E-state index in [-0.39, 0.29) is 17.5 Å². The Kier molecular flexibility index (Phi) is 17.4. The minimum Gasteiger partial charge on any atom is -0.412 e. The van der Waals surface area contributed by atoms with E-state index in [0.717, 1.165) is 45.7 Å². The van der Waals surface area contributed by atoms with Gasteiger partial charge >= 0.3 is 12.1 Å². The van der Waals surface area contributed by atoms with Gasteiger partial charge in [-0.15, -0.1) is 0 Å². The number of pyridine rings is 2. The maximum Gasteiger partial charge on any atom is 0.327 e. The lowest BCUT2D eigenvalue weighted by Gasteiger charge is -2.22. The number of rotatable bonds is 10. The Hall–Kier alpha value is -2.58. The lowest BCUT2D eigenvalue weighted by Crippen LogP contribution is -2.37. The Morgan fingerprint density at radius 2 is 1.00 bits per heavy atom. The number of likely N-dealkylation sites (N-methyl/N-ethyl adjacent to an activating group) is 2. The Labute approximate surface area is 242 Å². The van der Waals surface area contributed by atoms with E-state index in [1.54, 1.807) is 22.7 Å². The van der Waals surface area contributed by atoms with Gasteiger partial charge in [0.15, 0.2) is 0 Å². The fraction of sp³-hybridized carbons (Fsp3) is 0.538. The van der Waals surface area contributed by atoms with Gasteiger partial charge in [-0.05, 0) is 91.3 Å². The van der Waals surface area contributed by atoms with Gasteiger partial charge < -0.3 is 25.9 Å². The predicted octanol–water partition coefficient (Wildman–Crippen LogP) is 2.99. The summed E-state index contributed by atoms with van der Waals surface area (Å²) in [5.74, 6) is 0. The molecule has 0 saturated carbocycles. The van der Waals surface area contributed by atoms with Crippen LogP contribution in [0, 0.1) is 27.7 Å². The van der Waals surface area contributed by atoms with Gasteiger partial charge in [-0.2, -0.15) is 0 Å². The predicted molar refractivity (Wildman–Crippen MR) is 162 cm³/mol. The second-order valence-electron chi connectivity index (χ2n) is 9.35. The van der Waals surface area contributed by atoms with E-state index >= 15 is 0 Å². The quantitative estimate of drug-likeness (QED) is 0.409. The van der Waals surface area contributed by atoms with Gasteiger partial charge in [0.2, 0.25) is 0 Å². The minimum atomic E-state index is -0.104. The SMILES string of the molecule is CNC(=O)N(CCN(C)C)Sc1cc(C)cc(C)n1.CNC(=O)N(CCN(C)C)Sc1cc(C)cc(C)n1.O. The highest BCUT2D eigenvalue weighted by Gasteiger charge is 2.16. The zero-order valence-corrected chi connectivity index (χ0v) is 26.6. The monoisotopic (exact) mass is 582 g/mol. The van der Waals surface area contributed by atoms with E-state index in [1.807, 2.05) is 90.0 Å². The Morgan fingerprint density at radius 3 is 1.26 bits per heavy atom. The van der Waals surface area contributed by atoms with Crippen molar-refractivity contribution in [3.8, 4) is 0 Å². The van der Waals surface area contributed by atoms with Gasteiger partial charge in [0.25, 0.3) is 0 Å². The van der Waals surface area contributed by atoms with Crippen molar-refractivity contribution in [1.29, 1.82) is 0 Å². The van der Waals surface area contributed by atoms with Crippen LogP contribution in [0.1, 0.15) is 22.5 Å². The molecule has 2 heterocycles. The highest BCUT2D eigenvalue weighted by molar-refractivity contribution is 7.97. The van der Waals surface area contributed by atoms with Crippen LogP contribution in [-0.4, -0.2) is 114 Å². The number of amides is 4. The average Bonchev–Trinajstić information content (AvgIpc) is 2.82. The summed E-state index contributed by atoms with van der Waals surface area (Å²) in [6.45, 7) is 10.9. The van der Waals surface area contributed by atoms with Gasteiger partial charge in [-0.25, -0.2) is 19.6 Å². The van der Waals surface area contributed by atoms with Crippen LogP contribution in [0.25, 0.3) is 0 Å². The normalized spacial score (nSPS) is 10.4. The summed E-state index contributed by atoms with van der Waals surface area (Å²) in [4.78, 5) is 36.7. The van der Waals surface area contributed by atoms with Crippen LogP contribution in [0.3, 0.4) is 0 Å². The number of carbonyl (C=O) groups is 2. The average molecular weight is 583 g/mol. The first-order valence-corrected chi connectivity index (χ1v) is 13.9. The lowest BCUT2D eigenvalue weighted by molar-refractivity contribution is 0.224. The van der Waals surface area contributed by atoms with Gasteiger partial charge in [0, 0.05) is 75.6 Å². The van der Waals surface area contributed by atoms with Crippen molar-refractivity contribution in [3.63, 3.8) is 0 Å². The molecule has 2 aromatic heterocycles. The molecule has 220 valence electrons. The number of hydrogen-bond acceptors (Lipinski definition) is 8. The number of aryl methyl sites for hydroxylation is 4. The van der Waals surface area contributed by atoms with Gasteiger partial charge in [0.1, 0.15) is 10.1 Å². The first kappa shape index (κ1) is 36.4. The van der Waals surface area contributed by atoms with Crippen molar-refractivity contribution < 1.29 is 15.1 Å². The van der Waals surface area contributed by atoms with Crippen molar-refractivity contribution in [2.75, 3.05) is 68.5 Å². The van der Waals surface area contributed by atoms with Crippen LogP contribution in [-0.2, 0) is 0 Å². The van der Waals surface area contributed by atoms with Gasteiger partial charge in [-0.3, -0.25) is 8.61 Å². The summed E-state index contributed by atoms with van der Waals surface area (Å²) in [5.41, 5.74) is 4.23. The van der Waals surface area contributed by atoms with E-state index in [1.165, 1.54) is 23.9 Å². The van der Waals surface area contributed by atoms with Gasteiger partial charge in [0.05, 0.1) is 0 Å². The number of hydrogen-bond donors (Lipinski definition) is 2. The Balaban J connectivity index is 0.000000722. The van der Waals surface area contributed by atoms with Crippen LogP contribution in [0.2, 0.25) is 0 Å². The van der Waals surface area contributed by atoms with Crippen molar-refractivity contribution in [2.24, 2.45) is 0 Å². The highest BCUT2D eigenvalue weighted by atomic mass is 32.2. The smallest absolute Gasteiger partial charge is 0.327 e. The molecule has 0 unspecified atom stereocenters. The number of nitrogens with zero attached hydrogens (tertiary/aromatic N) is 6. The standard InChI is InChI=1S/2C13H22N4OS.H2O/c2*1-10-8-11(2)15-12(9-10)19-17(13(18)14-3)7-6-16(4)5;/h2*8-9H,6-7H2,1-5H3,(H,14,18);1H2. The molecule has 2 rings (SSSR count). The first-order chi connectivity index (χ1) is 17.8. The third-order valence-electron chi connectivity index (χ3n) is 4.94. The second kappa shape index (κ2) is 18.7. The van der Waals surface area contributed by atoms with Crippen LogP contribution >= 0.6 is 23.9 Å². The Morgan fingerprint density at radius 1 is 0.667 bits per heavy atom. The van der Waals surface area contributed by atoms with Crippen molar-refractivity contribution >= 4 is 36.0 Å². The second-order valence-corrected chi connectivity index (χ2v) is 11.4. The molecule has 0 aliphatic carbocycles. The van der Waals surface area contributed by atoms with Crippen molar-refractivity contribution in [1.82, 2.24) is 39.0 Å². The third kappa shape index (κ3) is 15.0. The van der Waals surface area contributed by atoms with Crippen molar-refractivity contribution in [2.45, 2.75) is 37.7 Å². The molecule has 4 N–H and O–H groups in total.